The maximum atomic E-state index is 13.0. The van der Waals surface area contributed by atoms with E-state index in [2.05, 4.69) is 19.2 Å². The topological polar surface area (TPSA) is 12.0 Å². The molecule has 0 aliphatic rings. The number of halogens is 1. The Morgan fingerprint density at radius 1 is 1.43 bits per heavy atom. The normalized spacial score (nSPS) is 12.9. The summed E-state index contributed by atoms with van der Waals surface area (Å²) in [6, 6.07) is 5.59. The Morgan fingerprint density at radius 2 is 2.14 bits per heavy atom. The van der Waals surface area contributed by atoms with E-state index < -0.39 is 0 Å². The third kappa shape index (κ3) is 2.81. The van der Waals surface area contributed by atoms with Crippen LogP contribution in [-0.2, 0) is 0 Å². The third-order valence-corrected chi connectivity index (χ3v) is 2.38. The van der Waals surface area contributed by atoms with Gasteiger partial charge in [0.05, 0.1) is 0 Å². The van der Waals surface area contributed by atoms with Crippen LogP contribution in [0.3, 0.4) is 0 Å². The van der Waals surface area contributed by atoms with Crippen molar-refractivity contribution in [1.29, 1.82) is 0 Å². The van der Waals surface area contributed by atoms with Crippen molar-refractivity contribution in [2.75, 3.05) is 6.54 Å². The first-order chi connectivity index (χ1) is 6.65. The lowest BCUT2D eigenvalue weighted by Crippen LogP contribution is -2.19. The second-order valence-corrected chi connectivity index (χ2v) is 3.68. The zero-order valence-electron chi connectivity index (χ0n) is 9.10. The zero-order valence-corrected chi connectivity index (χ0v) is 9.10. The molecule has 0 radical (unpaired) electrons. The van der Waals surface area contributed by atoms with Crippen LogP contribution in [0.15, 0.2) is 18.2 Å². The molecule has 0 fully saturated rings. The van der Waals surface area contributed by atoms with Gasteiger partial charge in [-0.2, -0.15) is 0 Å². The van der Waals surface area contributed by atoms with Crippen LogP contribution >= 0.6 is 0 Å². The van der Waals surface area contributed by atoms with Crippen molar-refractivity contribution in [3.8, 4) is 0 Å². The number of benzene rings is 1. The monoisotopic (exact) mass is 195 g/mol. The van der Waals surface area contributed by atoms with E-state index in [4.69, 9.17) is 0 Å². The first kappa shape index (κ1) is 11.2. The molecule has 2 heteroatoms. The second-order valence-electron chi connectivity index (χ2n) is 3.68. The summed E-state index contributed by atoms with van der Waals surface area (Å²) in [5, 5.41) is 3.37. The van der Waals surface area contributed by atoms with Crippen molar-refractivity contribution < 1.29 is 4.39 Å². The van der Waals surface area contributed by atoms with Gasteiger partial charge in [-0.3, -0.25) is 0 Å². The molecule has 1 atom stereocenters. The van der Waals surface area contributed by atoms with Crippen molar-refractivity contribution in [2.45, 2.75) is 33.2 Å². The van der Waals surface area contributed by atoms with Crippen LogP contribution < -0.4 is 5.32 Å². The van der Waals surface area contributed by atoms with Gasteiger partial charge in [-0.05, 0) is 44.0 Å². The number of rotatable bonds is 4. The predicted octanol–water partition coefficient (Wildman–Crippen LogP) is 3.19. The van der Waals surface area contributed by atoms with Gasteiger partial charge in [0.25, 0.3) is 0 Å². The number of aryl methyl sites for hydroxylation is 1. The summed E-state index contributed by atoms with van der Waals surface area (Å²) in [6.45, 7) is 7.03. The summed E-state index contributed by atoms with van der Waals surface area (Å²) >= 11 is 0. The van der Waals surface area contributed by atoms with Crippen molar-refractivity contribution >= 4 is 0 Å². The maximum absolute atomic E-state index is 13.0. The molecule has 0 aliphatic carbocycles. The minimum absolute atomic E-state index is 0.128. The average Bonchev–Trinajstić information content (AvgIpc) is 2.18. The van der Waals surface area contributed by atoms with Gasteiger partial charge in [0, 0.05) is 6.04 Å². The Morgan fingerprint density at radius 3 is 2.71 bits per heavy atom. The second kappa shape index (κ2) is 5.11. The van der Waals surface area contributed by atoms with Crippen LogP contribution in [0.1, 0.15) is 37.4 Å². The van der Waals surface area contributed by atoms with Crippen LogP contribution in [0.5, 0.6) is 0 Å². The van der Waals surface area contributed by atoms with Gasteiger partial charge in [0.15, 0.2) is 0 Å². The fraction of sp³-hybridized carbons (Fsp3) is 0.500. The first-order valence-electron chi connectivity index (χ1n) is 5.14. The van der Waals surface area contributed by atoms with Crippen LogP contribution in [-0.4, -0.2) is 6.54 Å². The van der Waals surface area contributed by atoms with Gasteiger partial charge in [-0.25, -0.2) is 4.39 Å². The maximum Gasteiger partial charge on any atom is 0.126 e. The first-order valence-corrected chi connectivity index (χ1v) is 5.14. The van der Waals surface area contributed by atoms with Crippen LogP contribution in [0, 0.1) is 12.7 Å². The number of hydrogen-bond acceptors (Lipinski definition) is 1. The molecular formula is C12H18FN. The summed E-state index contributed by atoms with van der Waals surface area (Å²) < 4.78 is 13.0. The van der Waals surface area contributed by atoms with E-state index >= 15 is 0 Å². The molecule has 0 heterocycles. The fourth-order valence-electron chi connectivity index (χ4n) is 1.42. The molecule has 1 N–H and O–H groups in total. The lowest BCUT2D eigenvalue weighted by Gasteiger charge is -2.14. The SMILES string of the molecule is CCCNC(C)c1ccc(F)c(C)c1. The summed E-state index contributed by atoms with van der Waals surface area (Å²) in [4.78, 5) is 0. The van der Waals surface area contributed by atoms with Crippen LogP contribution in [0.4, 0.5) is 4.39 Å². The van der Waals surface area contributed by atoms with Gasteiger partial charge in [-0.1, -0.05) is 19.1 Å². The smallest absolute Gasteiger partial charge is 0.126 e. The number of nitrogens with one attached hydrogen (secondary N) is 1. The molecule has 0 saturated heterocycles. The van der Waals surface area contributed by atoms with E-state index in [0.717, 1.165) is 18.5 Å². The molecule has 1 aromatic rings. The molecule has 1 unspecified atom stereocenters. The summed E-state index contributed by atoms with van der Waals surface area (Å²) in [5.74, 6) is -0.128. The van der Waals surface area contributed by atoms with Crippen molar-refractivity contribution in [3.05, 3.63) is 35.1 Å². The summed E-state index contributed by atoms with van der Waals surface area (Å²) in [6.07, 6.45) is 1.12. The van der Waals surface area contributed by atoms with E-state index in [1.165, 1.54) is 6.07 Å². The van der Waals surface area contributed by atoms with Gasteiger partial charge < -0.3 is 5.32 Å². The highest BCUT2D eigenvalue weighted by molar-refractivity contribution is 5.26. The van der Waals surface area contributed by atoms with E-state index in [1.54, 1.807) is 6.92 Å². The van der Waals surface area contributed by atoms with E-state index in [-0.39, 0.29) is 5.82 Å². The molecule has 0 bridgehead atoms. The largest absolute Gasteiger partial charge is 0.310 e. The quantitative estimate of drug-likeness (QED) is 0.778. The minimum Gasteiger partial charge on any atom is -0.310 e. The molecule has 0 saturated carbocycles. The Balaban J connectivity index is 2.70. The van der Waals surface area contributed by atoms with Crippen molar-refractivity contribution in [1.82, 2.24) is 5.32 Å². The van der Waals surface area contributed by atoms with Gasteiger partial charge in [0.2, 0.25) is 0 Å². The van der Waals surface area contributed by atoms with E-state index in [9.17, 15) is 4.39 Å². The molecule has 1 nitrogen and oxygen atoms in total. The van der Waals surface area contributed by atoms with Gasteiger partial charge >= 0.3 is 0 Å². The lowest BCUT2D eigenvalue weighted by molar-refractivity contribution is 0.566. The Bertz CT molecular complexity index is 296. The highest BCUT2D eigenvalue weighted by Crippen LogP contribution is 2.15. The highest BCUT2D eigenvalue weighted by Gasteiger charge is 2.05. The fourth-order valence-corrected chi connectivity index (χ4v) is 1.42. The van der Waals surface area contributed by atoms with Crippen LogP contribution in [0.25, 0.3) is 0 Å². The van der Waals surface area contributed by atoms with E-state index in [0.29, 0.717) is 11.6 Å². The molecule has 78 valence electrons. The van der Waals surface area contributed by atoms with E-state index in [1.807, 2.05) is 12.1 Å². The predicted molar refractivity (Wildman–Crippen MR) is 57.8 cm³/mol. The molecule has 14 heavy (non-hydrogen) atoms. The molecule has 0 aliphatic heterocycles. The van der Waals surface area contributed by atoms with Crippen molar-refractivity contribution in [2.24, 2.45) is 0 Å². The van der Waals surface area contributed by atoms with Gasteiger partial charge in [0.1, 0.15) is 5.82 Å². The summed E-state index contributed by atoms with van der Waals surface area (Å²) in [5.41, 5.74) is 1.87. The van der Waals surface area contributed by atoms with Gasteiger partial charge in [-0.15, -0.1) is 0 Å². The zero-order chi connectivity index (χ0) is 10.6. The Kier molecular flexibility index (Phi) is 4.08. The highest BCUT2D eigenvalue weighted by atomic mass is 19.1. The lowest BCUT2D eigenvalue weighted by atomic mass is 10.1. The molecule has 0 aromatic heterocycles. The minimum atomic E-state index is -0.128. The molecule has 1 rings (SSSR count). The molecule has 0 amide bonds. The van der Waals surface area contributed by atoms with Crippen molar-refractivity contribution in [3.63, 3.8) is 0 Å². The standard InChI is InChI=1S/C12H18FN/c1-4-7-14-10(3)11-5-6-12(13)9(2)8-11/h5-6,8,10,14H,4,7H2,1-3H3. The third-order valence-electron chi connectivity index (χ3n) is 2.38. The average molecular weight is 195 g/mol. The Hall–Kier alpha value is -0.890. The molecule has 1 aromatic carbocycles. The molecule has 0 spiro atoms. The Labute approximate surface area is 85.3 Å². The summed E-state index contributed by atoms with van der Waals surface area (Å²) in [7, 11) is 0. The van der Waals surface area contributed by atoms with Crippen LogP contribution in [0.2, 0.25) is 0 Å². The number of hydrogen-bond donors (Lipinski definition) is 1. The molecular weight excluding hydrogens is 177 g/mol.